The molecule has 0 aromatic heterocycles. The van der Waals surface area contributed by atoms with Crippen LogP contribution in [0.15, 0.2) is 42.5 Å². The fourth-order valence-corrected chi connectivity index (χ4v) is 3.83. The van der Waals surface area contributed by atoms with Gasteiger partial charge in [-0.3, -0.25) is 0 Å². The van der Waals surface area contributed by atoms with Crippen molar-refractivity contribution < 1.29 is 0 Å². The summed E-state index contributed by atoms with van der Waals surface area (Å²) in [6.07, 6.45) is 4.85. The molecule has 1 atom stereocenters. The predicted octanol–water partition coefficient (Wildman–Crippen LogP) is 3.71. The summed E-state index contributed by atoms with van der Waals surface area (Å²) in [4.78, 5) is 2.61. The molecule has 0 fully saturated rings. The Kier molecular flexibility index (Phi) is 2.69. The van der Waals surface area contributed by atoms with Crippen LogP contribution in [-0.4, -0.2) is 6.54 Å². The fourth-order valence-electron chi connectivity index (χ4n) is 3.83. The SMILES string of the molecule is Nc1ccc2c(c1)CCC2N1CCCc2ccccc21. The van der Waals surface area contributed by atoms with Crippen molar-refractivity contribution in [3.63, 3.8) is 0 Å². The maximum atomic E-state index is 5.92. The van der Waals surface area contributed by atoms with Gasteiger partial charge in [-0.05, 0) is 60.6 Å². The number of hydrogen-bond donors (Lipinski definition) is 1. The first-order valence-electron chi connectivity index (χ1n) is 7.56. The van der Waals surface area contributed by atoms with Gasteiger partial charge in [0.2, 0.25) is 0 Å². The van der Waals surface area contributed by atoms with Crippen molar-refractivity contribution in [2.75, 3.05) is 17.2 Å². The molecule has 2 aliphatic rings. The summed E-state index contributed by atoms with van der Waals surface area (Å²) >= 11 is 0. The topological polar surface area (TPSA) is 29.3 Å². The number of aryl methyl sites for hydroxylation is 2. The molecule has 1 aliphatic carbocycles. The molecular weight excluding hydrogens is 244 g/mol. The van der Waals surface area contributed by atoms with E-state index in [1.54, 1.807) is 0 Å². The number of nitrogen functional groups attached to an aromatic ring is 1. The summed E-state index contributed by atoms with van der Waals surface area (Å²) < 4.78 is 0. The lowest BCUT2D eigenvalue weighted by atomic mass is 9.98. The molecule has 1 unspecified atom stereocenters. The van der Waals surface area contributed by atoms with E-state index in [0.29, 0.717) is 6.04 Å². The van der Waals surface area contributed by atoms with Gasteiger partial charge in [0.25, 0.3) is 0 Å². The van der Waals surface area contributed by atoms with Crippen LogP contribution < -0.4 is 10.6 Å². The molecule has 2 aromatic rings. The van der Waals surface area contributed by atoms with Crippen molar-refractivity contribution in [2.45, 2.75) is 31.7 Å². The van der Waals surface area contributed by atoms with E-state index in [4.69, 9.17) is 5.73 Å². The Morgan fingerprint density at radius 3 is 2.85 bits per heavy atom. The monoisotopic (exact) mass is 264 g/mol. The molecule has 0 amide bonds. The molecule has 0 radical (unpaired) electrons. The lowest BCUT2D eigenvalue weighted by molar-refractivity contribution is 0.577. The van der Waals surface area contributed by atoms with Crippen LogP contribution in [0.25, 0.3) is 0 Å². The Morgan fingerprint density at radius 1 is 1.00 bits per heavy atom. The number of hydrogen-bond acceptors (Lipinski definition) is 2. The van der Waals surface area contributed by atoms with Crippen LogP contribution in [0, 0.1) is 0 Å². The smallest absolute Gasteiger partial charge is 0.0548 e. The summed E-state index contributed by atoms with van der Waals surface area (Å²) in [5.74, 6) is 0. The first-order chi connectivity index (χ1) is 9.83. The summed E-state index contributed by atoms with van der Waals surface area (Å²) in [7, 11) is 0. The van der Waals surface area contributed by atoms with Crippen LogP contribution in [0.5, 0.6) is 0 Å². The first kappa shape index (κ1) is 11.8. The van der Waals surface area contributed by atoms with Crippen LogP contribution in [0.1, 0.15) is 35.6 Å². The third kappa shape index (κ3) is 1.79. The van der Waals surface area contributed by atoms with Gasteiger partial charge < -0.3 is 10.6 Å². The predicted molar refractivity (Wildman–Crippen MR) is 84.0 cm³/mol. The molecule has 2 N–H and O–H groups in total. The largest absolute Gasteiger partial charge is 0.399 e. The van der Waals surface area contributed by atoms with Gasteiger partial charge >= 0.3 is 0 Å². The minimum Gasteiger partial charge on any atom is -0.399 e. The molecule has 20 heavy (non-hydrogen) atoms. The molecule has 0 bridgehead atoms. The number of nitrogens with zero attached hydrogens (tertiary/aromatic N) is 1. The van der Waals surface area contributed by atoms with E-state index >= 15 is 0 Å². The summed E-state index contributed by atoms with van der Waals surface area (Å²) in [5.41, 5.74) is 12.7. The Balaban J connectivity index is 1.75. The van der Waals surface area contributed by atoms with Crippen molar-refractivity contribution in [2.24, 2.45) is 0 Å². The van der Waals surface area contributed by atoms with Crippen LogP contribution in [-0.2, 0) is 12.8 Å². The lowest BCUT2D eigenvalue weighted by Gasteiger charge is -2.36. The maximum absolute atomic E-state index is 5.92. The normalized spacial score (nSPS) is 20.6. The zero-order chi connectivity index (χ0) is 13.5. The molecule has 4 rings (SSSR count). The van der Waals surface area contributed by atoms with E-state index in [0.717, 1.165) is 12.1 Å². The van der Waals surface area contributed by atoms with Gasteiger partial charge in [0.1, 0.15) is 0 Å². The molecule has 0 saturated carbocycles. The second kappa shape index (κ2) is 4.55. The van der Waals surface area contributed by atoms with Gasteiger partial charge in [-0.2, -0.15) is 0 Å². The molecule has 0 spiro atoms. The number of anilines is 2. The van der Waals surface area contributed by atoms with E-state index in [2.05, 4.69) is 41.3 Å². The zero-order valence-electron chi connectivity index (χ0n) is 11.7. The van der Waals surface area contributed by atoms with Gasteiger partial charge in [0.15, 0.2) is 0 Å². The minimum atomic E-state index is 0.534. The Labute approximate surface area is 120 Å². The molecule has 1 aliphatic heterocycles. The van der Waals surface area contributed by atoms with Crippen molar-refractivity contribution in [3.8, 4) is 0 Å². The zero-order valence-corrected chi connectivity index (χ0v) is 11.7. The number of fused-ring (bicyclic) bond motifs is 2. The average Bonchev–Trinajstić information content (AvgIpc) is 2.89. The minimum absolute atomic E-state index is 0.534. The fraction of sp³-hybridized carbons (Fsp3) is 0.333. The molecular formula is C18H20N2. The number of benzene rings is 2. The van der Waals surface area contributed by atoms with Crippen molar-refractivity contribution in [3.05, 3.63) is 59.2 Å². The first-order valence-corrected chi connectivity index (χ1v) is 7.56. The van der Waals surface area contributed by atoms with E-state index in [-0.39, 0.29) is 0 Å². The van der Waals surface area contributed by atoms with Crippen molar-refractivity contribution in [1.82, 2.24) is 0 Å². The van der Waals surface area contributed by atoms with Crippen LogP contribution in [0.2, 0.25) is 0 Å². The third-order valence-electron chi connectivity index (χ3n) is 4.74. The highest BCUT2D eigenvalue weighted by molar-refractivity contribution is 5.59. The van der Waals surface area contributed by atoms with E-state index in [9.17, 15) is 0 Å². The van der Waals surface area contributed by atoms with E-state index < -0.39 is 0 Å². The summed E-state index contributed by atoms with van der Waals surface area (Å²) in [5, 5.41) is 0. The second-order valence-corrected chi connectivity index (χ2v) is 5.94. The maximum Gasteiger partial charge on any atom is 0.0548 e. The highest BCUT2D eigenvalue weighted by atomic mass is 15.2. The number of nitrogens with two attached hydrogens (primary N) is 1. The lowest BCUT2D eigenvalue weighted by Crippen LogP contribution is -2.32. The Hall–Kier alpha value is -1.96. The van der Waals surface area contributed by atoms with Gasteiger partial charge in [0.05, 0.1) is 6.04 Å². The highest BCUT2D eigenvalue weighted by Crippen LogP contribution is 2.41. The quantitative estimate of drug-likeness (QED) is 0.796. The van der Waals surface area contributed by atoms with Gasteiger partial charge in [-0.1, -0.05) is 24.3 Å². The highest BCUT2D eigenvalue weighted by Gasteiger charge is 2.30. The van der Waals surface area contributed by atoms with Crippen LogP contribution in [0.4, 0.5) is 11.4 Å². The van der Waals surface area contributed by atoms with Gasteiger partial charge in [-0.25, -0.2) is 0 Å². The standard InChI is InChI=1S/C18H20N2/c19-15-8-9-16-14(12-15)7-10-18(16)20-11-3-5-13-4-1-2-6-17(13)20/h1-2,4,6,8-9,12,18H,3,5,7,10-11,19H2. The molecule has 1 heterocycles. The van der Waals surface area contributed by atoms with Gasteiger partial charge in [-0.15, -0.1) is 0 Å². The van der Waals surface area contributed by atoms with Crippen molar-refractivity contribution >= 4 is 11.4 Å². The van der Waals surface area contributed by atoms with Crippen LogP contribution in [0.3, 0.4) is 0 Å². The number of rotatable bonds is 1. The van der Waals surface area contributed by atoms with Crippen molar-refractivity contribution in [1.29, 1.82) is 0 Å². The molecule has 0 saturated heterocycles. The average molecular weight is 264 g/mol. The Morgan fingerprint density at radius 2 is 1.90 bits per heavy atom. The molecule has 2 aromatic carbocycles. The molecule has 2 nitrogen and oxygen atoms in total. The Bertz CT molecular complexity index is 648. The van der Waals surface area contributed by atoms with Gasteiger partial charge in [0, 0.05) is 17.9 Å². The van der Waals surface area contributed by atoms with Crippen LogP contribution >= 0.6 is 0 Å². The van der Waals surface area contributed by atoms with E-state index in [1.165, 1.54) is 48.2 Å². The number of para-hydroxylation sites is 1. The summed E-state index contributed by atoms with van der Waals surface area (Å²) in [6, 6.07) is 15.9. The molecule has 2 heteroatoms. The molecule has 102 valence electrons. The van der Waals surface area contributed by atoms with E-state index in [1.807, 2.05) is 6.07 Å². The third-order valence-corrected chi connectivity index (χ3v) is 4.74. The second-order valence-electron chi connectivity index (χ2n) is 5.94. The summed E-state index contributed by atoms with van der Waals surface area (Å²) in [6.45, 7) is 1.17.